The fourth-order valence-electron chi connectivity index (χ4n) is 1.63. The molecule has 90 valence electrons. The minimum Gasteiger partial charge on any atom is -0.395 e. The van der Waals surface area contributed by atoms with Crippen LogP contribution in [0.15, 0.2) is 24.3 Å². The molecular formula is C12H16N4O. The van der Waals surface area contributed by atoms with Gasteiger partial charge in [-0.2, -0.15) is 4.98 Å². The number of nitrogens with zero attached hydrogens (tertiary/aromatic N) is 2. The molecule has 0 unspecified atom stereocenters. The topological polar surface area (TPSA) is 70.1 Å². The van der Waals surface area contributed by atoms with Crippen molar-refractivity contribution in [3.63, 3.8) is 0 Å². The van der Waals surface area contributed by atoms with Crippen LogP contribution < -0.4 is 10.6 Å². The zero-order valence-corrected chi connectivity index (χ0v) is 9.77. The molecule has 2 aromatic rings. The normalized spacial score (nSPS) is 10.5. The maximum Gasteiger partial charge on any atom is 0.225 e. The SMILES string of the molecule is CCNc1nc(NCCO)nc2ccccc12. The molecule has 0 fully saturated rings. The predicted octanol–water partition coefficient (Wildman–Crippen LogP) is 1.47. The van der Waals surface area contributed by atoms with Crippen LogP contribution in [0, 0.1) is 0 Å². The average molecular weight is 232 g/mol. The summed E-state index contributed by atoms with van der Waals surface area (Å²) in [7, 11) is 0. The molecule has 0 aliphatic heterocycles. The van der Waals surface area contributed by atoms with Crippen LogP contribution in [0.3, 0.4) is 0 Å². The third kappa shape index (κ3) is 2.62. The Bertz CT molecular complexity index is 501. The van der Waals surface area contributed by atoms with Gasteiger partial charge in [-0.3, -0.25) is 0 Å². The van der Waals surface area contributed by atoms with Gasteiger partial charge in [0.2, 0.25) is 5.95 Å². The summed E-state index contributed by atoms with van der Waals surface area (Å²) in [5.74, 6) is 1.35. The highest BCUT2D eigenvalue weighted by atomic mass is 16.3. The number of aliphatic hydroxyl groups is 1. The van der Waals surface area contributed by atoms with Crippen molar-refractivity contribution in [2.24, 2.45) is 0 Å². The number of nitrogens with one attached hydrogen (secondary N) is 2. The Hall–Kier alpha value is -1.88. The van der Waals surface area contributed by atoms with Gasteiger partial charge in [0.15, 0.2) is 0 Å². The fourth-order valence-corrected chi connectivity index (χ4v) is 1.63. The van der Waals surface area contributed by atoms with Gasteiger partial charge >= 0.3 is 0 Å². The zero-order valence-electron chi connectivity index (χ0n) is 9.77. The van der Waals surface area contributed by atoms with Gasteiger partial charge in [-0.1, -0.05) is 12.1 Å². The molecule has 0 saturated carbocycles. The van der Waals surface area contributed by atoms with E-state index in [0.29, 0.717) is 12.5 Å². The van der Waals surface area contributed by atoms with Gasteiger partial charge in [0, 0.05) is 18.5 Å². The van der Waals surface area contributed by atoms with Crippen molar-refractivity contribution in [2.45, 2.75) is 6.92 Å². The Morgan fingerprint density at radius 3 is 2.76 bits per heavy atom. The van der Waals surface area contributed by atoms with Crippen LogP contribution in [-0.4, -0.2) is 34.8 Å². The quantitative estimate of drug-likeness (QED) is 0.728. The van der Waals surface area contributed by atoms with Crippen molar-refractivity contribution < 1.29 is 5.11 Å². The Morgan fingerprint density at radius 1 is 1.18 bits per heavy atom. The highest BCUT2D eigenvalue weighted by Crippen LogP contribution is 2.21. The molecule has 0 atom stereocenters. The number of para-hydroxylation sites is 1. The van der Waals surface area contributed by atoms with Gasteiger partial charge in [0.1, 0.15) is 5.82 Å². The molecule has 0 saturated heterocycles. The maximum absolute atomic E-state index is 8.78. The molecule has 0 aliphatic carbocycles. The molecule has 1 aromatic carbocycles. The molecule has 17 heavy (non-hydrogen) atoms. The van der Waals surface area contributed by atoms with Crippen LogP contribution in [-0.2, 0) is 0 Å². The summed E-state index contributed by atoms with van der Waals surface area (Å²) >= 11 is 0. The first-order chi connectivity index (χ1) is 8.35. The van der Waals surface area contributed by atoms with E-state index in [4.69, 9.17) is 5.11 Å². The second kappa shape index (κ2) is 5.45. The van der Waals surface area contributed by atoms with Crippen LogP contribution in [0.5, 0.6) is 0 Å². The molecule has 3 N–H and O–H groups in total. The first kappa shape index (κ1) is 11.6. The molecule has 0 spiro atoms. The lowest BCUT2D eigenvalue weighted by atomic mass is 10.2. The number of aromatic nitrogens is 2. The van der Waals surface area contributed by atoms with Gasteiger partial charge in [0.25, 0.3) is 0 Å². The minimum atomic E-state index is 0.0622. The standard InChI is InChI=1S/C12H16N4O/c1-2-13-11-9-5-3-4-6-10(9)15-12(16-11)14-7-8-17/h3-6,17H,2,7-8H2,1H3,(H2,13,14,15,16). The fraction of sp³-hybridized carbons (Fsp3) is 0.333. The second-order valence-electron chi connectivity index (χ2n) is 3.59. The van der Waals surface area contributed by atoms with Gasteiger partial charge in [-0.25, -0.2) is 4.98 Å². The summed E-state index contributed by atoms with van der Waals surface area (Å²) < 4.78 is 0. The first-order valence-corrected chi connectivity index (χ1v) is 5.70. The number of aliphatic hydroxyl groups excluding tert-OH is 1. The number of rotatable bonds is 5. The molecule has 1 heterocycles. The molecule has 5 nitrogen and oxygen atoms in total. The Morgan fingerprint density at radius 2 is 2.00 bits per heavy atom. The summed E-state index contributed by atoms with van der Waals surface area (Å²) in [4.78, 5) is 8.77. The van der Waals surface area contributed by atoms with E-state index in [1.807, 2.05) is 31.2 Å². The molecule has 2 rings (SSSR count). The van der Waals surface area contributed by atoms with Crippen LogP contribution in [0.4, 0.5) is 11.8 Å². The number of benzene rings is 1. The Balaban J connectivity index is 2.43. The summed E-state index contributed by atoms with van der Waals surface area (Å²) in [6.45, 7) is 3.34. The predicted molar refractivity (Wildman–Crippen MR) is 69.3 cm³/mol. The van der Waals surface area contributed by atoms with Crippen molar-refractivity contribution in [3.05, 3.63) is 24.3 Å². The lowest BCUT2D eigenvalue weighted by molar-refractivity contribution is 0.311. The zero-order chi connectivity index (χ0) is 12.1. The van der Waals surface area contributed by atoms with Crippen LogP contribution in [0.2, 0.25) is 0 Å². The van der Waals surface area contributed by atoms with Crippen molar-refractivity contribution >= 4 is 22.7 Å². The van der Waals surface area contributed by atoms with E-state index in [9.17, 15) is 0 Å². The summed E-state index contributed by atoms with van der Waals surface area (Å²) in [6.07, 6.45) is 0. The van der Waals surface area contributed by atoms with Crippen molar-refractivity contribution in [3.8, 4) is 0 Å². The second-order valence-corrected chi connectivity index (χ2v) is 3.59. The van der Waals surface area contributed by atoms with Gasteiger partial charge in [0.05, 0.1) is 12.1 Å². The molecule has 0 aliphatic rings. The van der Waals surface area contributed by atoms with E-state index >= 15 is 0 Å². The number of fused-ring (bicyclic) bond motifs is 1. The van der Waals surface area contributed by atoms with Crippen molar-refractivity contribution in [2.75, 3.05) is 30.3 Å². The first-order valence-electron chi connectivity index (χ1n) is 5.70. The number of anilines is 2. The largest absolute Gasteiger partial charge is 0.395 e. The van der Waals surface area contributed by atoms with E-state index < -0.39 is 0 Å². The molecule has 5 heteroatoms. The summed E-state index contributed by atoms with van der Waals surface area (Å²) in [5, 5.41) is 16.0. The van der Waals surface area contributed by atoms with Crippen molar-refractivity contribution in [1.29, 1.82) is 0 Å². The van der Waals surface area contributed by atoms with Gasteiger partial charge in [-0.15, -0.1) is 0 Å². The van der Waals surface area contributed by atoms with E-state index in [-0.39, 0.29) is 6.61 Å². The summed E-state index contributed by atoms with van der Waals surface area (Å²) in [6, 6.07) is 7.85. The van der Waals surface area contributed by atoms with E-state index in [2.05, 4.69) is 20.6 Å². The maximum atomic E-state index is 8.78. The van der Waals surface area contributed by atoms with E-state index in [0.717, 1.165) is 23.3 Å². The summed E-state index contributed by atoms with van der Waals surface area (Å²) in [5.41, 5.74) is 0.888. The van der Waals surface area contributed by atoms with Crippen molar-refractivity contribution in [1.82, 2.24) is 9.97 Å². The number of hydrogen-bond donors (Lipinski definition) is 3. The molecule has 0 radical (unpaired) electrons. The smallest absolute Gasteiger partial charge is 0.225 e. The van der Waals surface area contributed by atoms with Crippen LogP contribution in [0.1, 0.15) is 6.92 Å². The van der Waals surface area contributed by atoms with Crippen LogP contribution in [0.25, 0.3) is 10.9 Å². The minimum absolute atomic E-state index is 0.0622. The van der Waals surface area contributed by atoms with E-state index in [1.54, 1.807) is 0 Å². The van der Waals surface area contributed by atoms with Gasteiger partial charge in [-0.05, 0) is 19.1 Å². The highest BCUT2D eigenvalue weighted by Gasteiger charge is 2.05. The monoisotopic (exact) mass is 232 g/mol. The van der Waals surface area contributed by atoms with Crippen LogP contribution >= 0.6 is 0 Å². The highest BCUT2D eigenvalue weighted by molar-refractivity contribution is 5.89. The number of hydrogen-bond acceptors (Lipinski definition) is 5. The lowest BCUT2D eigenvalue weighted by Crippen LogP contribution is -2.10. The van der Waals surface area contributed by atoms with E-state index in [1.165, 1.54) is 0 Å². The molecule has 0 amide bonds. The average Bonchev–Trinajstić information content (AvgIpc) is 2.37. The molecule has 0 bridgehead atoms. The molecule has 1 aromatic heterocycles. The Kier molecular flexibility index (Phi) is 3.72. The third-order valence-corrected chi connectivity index (χ3v) is 2.34. The molecular weight excluding hydrogens is 216 g/mol. The van der Waals surface area contributed by atoms with Gasteiger partial charge < -0.3 is 15.7 Å². The lowest BCUT2D eigenvalue weighted by Gasteiger charge is -2.09. The third-order valence-electron chi connectivity index (χ3n) is 2.34. The Labute approximate surface area is 99.9 Å².